The van der Waals surface area contributed by atoms with E-state index in [2.05, 4.69) is 22.9 Å². The third-order valence-electron chi connectivity index (χ3n) is 3.35. The zero-order valence-electron chi connectivity index (χ0n) is 15.3. The minimum Gasteiger partial charge on any atom is -0.381 e. The Kier molecular flexibility index (Phi) is 10.2. The van der Waals surface area contributed by atoms with Crippen LogP contribution in [0.2, 0.25) is 0 Å². The Morgan fingerprint density at radius 3 is 2.42 bits per heavy atom. The lowest BCUT2D eigenvalue weighted by atomic mass is 10.2. The fourth-order valence-electron chi connectivity index (χ4n) is 1.98. The van der Waals surface area contributed by atoms with E-state index < -0.39 is 5.91 Å². The van der Waals surface area contributed by atoms with Crippen molar-refractivity contribution in [3.63, 3.8) is 0 Å². The van der Waals surface area contributed by atoms with Crippen LogP contribution < -0.4 is 16.0 Å². The summed E-state index contributed by atoms with van der Waals surface area (Å²) in [6.45, 7) is 5.31. The van der Waals surface area contributed by atoms with Crippen molar-refractivity contribution in [3.05, 3.63) is 36.0 Å². The number of rotatable bonds is 11. The molecule has 0 fully saturated rings. The van der Waals surface area contributed by atoms with E-state index in [9.17, 15) is 9.59 Å². The van der Waals surface area contributed by atoms with Crippen LogP contribution in [0.15, 0.2) is 36.0 Å². The van der Waals surface area contributed by atoms with Crippen LogP contribution in [0.4, 0.5) is 11.4 Å². The molecule has 0 aliphatic rings. The summed E-state index contributed by atoms with van der Waals surface area (Å²) in [6.07, 6.45) is 4.19. The van der Waals surface area contributed by atoms with Gasteiger partial charge in [0.1, 0.15) is 11.6 Å². The van der Waals surface area contributed by atoms with Gasteiger partial charge >= 0.3 is 0 Å². The second-order valence-electron chi connectivity index (χ2n) is 5.65. The molecule has 0 unspecified atom stereocenters. The number of carbonyl (C=O) groups is 2. The van der Waals surface area contributed by atoms with Gasteiger partial charge in [-0.1, -0.05) is 13.3 Å². The average Bonchev–Trinajstić information content (AvgIpc) is 2.62. The lowest BCUT2D eigenvalue weighted by Gasteiger charge is -2.07. The largest absolute Gasteiger partial charge is 0.381 e. The monoisotopic (exact) mass is 358 g/mol. The minimum atomic E-state index is -0.427. The van der Waals surface area contributed by atoms with Crippen molar-refractivity contribution in [1.82, 2.24) is 5.32 Å². The average molecular weight is 358 g/mol. The maximum Gasteiger partial charge on any atom is 0.263 e. The number of nitrogens with zero attached hydrogens (tertiary/aromatic N) is 1. The summed E-state index contributed by atoms with van der Waals surface area (Å²) >= 11 is 0. The summed E-state index contributed by atoms with van der Waals surface area (Å²) in [5, 5.41) is 17.4. The van der Waals surface area contributed by atoms with Crippen molar-refractivity contribution in [2.75, 3.05) is 30.4 Å². The van der Waals surface area contributed by atoms with Gasteiger partial charge in [0.2, 0.25) is 5.91 Å². The highest BCUT2D eigenvalue weighted by molar-refractivity contribution is 5.97. The molecule has 7 heteroatoms. The van der Waals surface area contributed by atoms with Gasteiger partial charge in [-0.3, -0.25) is 9.59 Å². The number of nitrogens with one attached hydrogen (secondary N) is 3. The molecule has 1 aromatic carbocycles. The minimum absolute atomic E-state index is 0.0113. The van der Waals surface area contributed by atoms with Crippen molar-refractivity contribution < 1.29 is 14.3 Å². The molecule has 0 aliphatic carbocycles. The molecule has 0 saturated carbocycles. The second-order valence-corrected chi connectivity index (χ2v) is 5.65. The van der Waals surface area contributed by atoms with Crippen molar-refractivity contribution in [3.8, 4) is 6.07 Å². The summed E-state index contributed by atoms with van der Waals surface area (Å²) in [5.41, 5.74) is 1.36. The van der Waals surface area contributed by atoms with Gasteiger partial charge in [-0.15, -0.1) is 0 Å². The summed E-state index contributed by atoms with van der Waals surface area (Å²) in [5.74, 6) is -0.576. The molecule has 0 atom stereocenters. The first-order valence-electron chi connectivity index (χ1n) is 8.67. The van der Waals surface area contributed by atoms with Crippen LogP contribution in [0.3, 0.4) is 0 Å². The van der Waals surface area contributed by atoms with Gasteiger partial charge in [-0.2, -0.15) is 5.26 Å². The maximum absolute atomic E-state index is 12.0. The topological polar surface area (TPSA) is 103 Å². The molecule has 7 nitrogen and oxygen atoms in total. The maximum atomic E-state index is 12.0. The normalized spacial score (nSPS) is 10.7. The highest BCUT2D eigenvalue weighted by Gasteiger charge is 2.07. The van der Waals surface area contributed by atoms with E-state index in [0.29, 0.717) is 30.9 Å². The number of amides is 2. The molecule has 0 saturated heterocycles. The first-order chi connectivity index (χ1) is 12.6. The predicted octanol–water partition coefficient (Wildman–Crippen LogP) is 2.79. The zero-order valence-corrected chi connectivity index (χ0v) is 15.3. The highest BCUT2D eigenvalue weighted by Crippen LogP contribution is 2.13. The molecular formula is C19H26N4O3. The molecule has 0 aromatic heterocycles. The first kappa shape index (κ1) is 21.2. The summed E-state index contributed by atoms with van der Waals surface area (Å²) in [4.78, 5) is 23.0. The highest BCUT2D eigenvalue weighted by atomic mass is 16.5. The molecule has 140 valence electrons. The van der Waals surface area contributed by atoms with Crippen LogP contribution in [-0.4, -0.2) is 31.6 Å². The van der Waals surface area contributed by atoms with Gasteiger partial charge in [0.25, 0.3) is 5.91 Å². The van der Waals surface area contributed by atoms with Gasteiger partial charge in [0.15, 0.2) is 0 Å². The number of nitriles is 1. The number of hydrogen-bond donors (Lipinski definition) is 3. The standard InChI is InChI=1S/C19H26N4O3/c1-3-4-11-26-12-5-10-21-19(25)16(13-20)14-22-17-6-8-18(9-7-17)23-15(2)24/h6-9,14,22H,3-5,10-12H2,1-2H3,(H,21,25)(H,23,24)/b16-14-. The molecule has 1 rings (SSSR count). The molecule has 1 aromatic rings. The quantitative estimate of drug-likeness (QED) is 0.321. The van der Waals surface area contributed by atoms with E-state index in [0.717, 1.165) is 19.4 Å². The van der Waals surface area contributed by atoms with Crippen molar-refractivity contribution in [2.45, 2.75) is 33.1 Å². The van der Waals surface area contributed by atoms with E-state index in [1.807, 2.05) is 6.07 Å². The van der Waals surface area contributed by atoms with E-state index >= 15 is 0 Å². The van der Waals surface area contributed by atoms with Crippen molar-refractivity contribution in [2.24, 2.45) is 0 Å². The fraction of sp³-hybridized carbons (Fsp3) is 0.421. The molecule has 0 heterocycles. The number of benzene rings is 1. The predicted molar refractivity (Wildman–Crippen MR) is 101 cm³/mol. The molecule has 2 amide bonds. The number of anilines is 2. The Morgan fingerprint density at radius 2 is 1.81 bits per heavy atom. The Balaban J connectivity index is 2.40. The van der Waals surface area contributed by atoms with E-state index in [1.54, 1.807) is 24.3 Å². The van der Waals surface area contributed by atoms with E-state index in [4.69, 9.17) is 10.00 Å². The van der Waals surface area contributed by atoms with Gasteiger partial charge in [-0.25, -0.2) is 0 Å². The van der Waals surface area contributed by atoms with Crippen LogP contribution in [-0.2, 0) is 14.3 Å². The van der Waals surface area contributed by atoms with Crippen LogP contribution in [0.5, 0.6) is 0 Å². The van der Waals surface area contributed by atoms with Crippen LogP contribution in [0.25, 0.3) is 0 Å². The Hall–Kier alpha value is -2.85. The number of unbranched alkanes of at least 4 members (excludes halogenated alkanes) is 1. The lowest BCUT2D eigenvalue weighted by Crippen LogP contribution is -2.26. The second kappa shape index (κ2) is 12.5. The molecule has 0 bridgehead atoms. The molecule has 26 heavy (non-hydrogen) atoms. The first-order valence-corrected chi connectivity index (χ1v) is 8.67. The Labute approximate surface area is 154 Å². The van der Waals surface area contributed by atoms with Crippen LogP contribution in [0.1, 0.15) is 33.1 Å². The molecule has 0 spiro atoms. The van der Waals surface area contributed by atoms with Gasteiger partial charge in [0.05, 0.1) is 0 Å². The SMILES string of the molecule is CCCCOCCCNC(=O)/C(C#N)=C\Nc1ccc(NC(C)=O)cc1. The van der Waals surface area contributed by atoms with Crippen LogP contribution in [0, 0.1) is 11.3 Å². The number of hydrogen-bond acceptors (Lipinski definition) is 5. The summed E-state index contributed by atoms with van der Waals surface area (Å²) < 4.78 is 5.41. The lowest BCUT2D eigenvalue weighted by molar-refractivity contribution is -0.117. The molecule has 0 radical (unpaired) electrons. The van der Waals surface area contributed by atoms with Gasteiger partial charge in [0, 0.05) is 44.3 Å². The molecule has 0 aliphatic heterocycles. The molecular weight excluding hydrogens is 332 g/mol. The summed E-state index contributed by atoms with van der Waals surface area (Å²) in [7, 11) is 0. The van der Waals surface area contributed by atoms with Gasteiger partial charge in [-0.05, 0) is 37.1 Å². The smallest absolute Gasteiger partial charge is 0.263 e. The molecule has 3 N–H and O–H groups in total. The Bertz CT molecular complexity index is 648. The van der Waals surface area contributed by atoms with E-state index in [1.165, 1.54) is 13.1 Å². The van der Waals surface area contributed by atoms with Crippen molar-refractivity contribution >= 4 is 23.2 Å². The van der Waals surface area contributed by atoms with E-state index in [-0.39, 0.29) is 11.5 Å². The fourth-order valence-corrected chi connectivity index (χ4v) is 1.98. The Morgan fingerprint density at radius 1 is 1.15 bits per heavy atom. The van der Waals surface area contributed by atoms with Crippen LogP contribution >= 0.6 is 0 Å². The van der Waals surface area contributed by atoms with Crippen molar-refractivity contribution in [1.29, 1.82) is 5.26 Å². The summed E-state index contributed by atoms with van der Waals surface area (Å²) in [6, 6.07) is 8.80. The zero-order chi connectivity index (χ0) is 19.2. The third kappa shape index (κ3) is 8.85. The third-order valence-corrected chi connectivity index (χ3v) is 3.35. The number of ether oxygens (including phenoxy) is 1. The van der Waals surface area contributed by atoms with Gasteiger partial charge < -0.3 is 20.7 Å². The number of carbonyl (C=O) groups excluding carboxylic acids is 2.